The Morgan fingerprint density at radius 3 is 2.57 bits per heavy atom. The predicted octanol–water partition coefficient (Wildman–Crippen LogP) is 3.13. The highest BCUT2D eigenvalue weighted by Gasteiger charge is 2.32. The lowest BCUT2D eigenvalue weighted by Crippen LogP contribution is -2.29. The van der Waals surface area contributed by atoms with Crippen molar-refractivity contribution in [3.63, 3.8) is 0 Å². The minimum atomic E-state index is -0.927. The lowest BCUT2D eigenvalue weighted by atomic mass is 10.1. The number of thioether (sulfide) groups is 1. The summed E-state index contributed by atoms with van der Waals surface area (Å²) in [6.07, 6.45) is 1.51. The van der Waals surface area contributed by atoms with Gasteiger partial charge in [0, 0.05) is 29.6 Å². The number of allylic oxidation sites excluding steroid dienone is 1. The van der Waals surface area contributed by atoms with E-state index in [1.54, 1.807) is 24.3 Å². The van der Waals surface area contributed by atoms with Crippen molar-refractivity contribution in [2.75, 3.05) is 6.54 Å². The van der Waals surface area contributed by atoms with Crippen LogP contribution in [0.5, 0.6) is 0 Å². The molecule has 1 aliphatic rings. The maximum Gasteiger partial charge on any atom is 0.303 e. The number of hydrogen-bond acceptors (Lipinski definition) is 5. The summed E-state index contributed by atoms with van der Waals surface area (Å²) in [5, 5.41) is 9.15. The fourth-order valence-corrected chi connectivity index (χ4v) is 3.30. The van der Waals surface area contributed by atoms with Crippen molar-refractivity contribution in [3.8, 4) is 0 Å². The first-order valence-corrected chi connectivity index (χ1v) is 8.26. The fourth-order valence-electron chi connectivity index (χ4n) is 1.90. The zero-order valence-electron chi connectivity index (χ0n) is 11.8. The summed E-state index contributed by atoms with van der Waals surface area (Å²) in [7, 11) is 0. The number of rotatable bonds is 6. The van der Waals surface area contributed by atoms with E-state index in [4.69, 9.17) is 28.9 Å². The lowest BCUT2D eigenvalue weighted by molar-refractivity contribution is -0.137. The van der Waals surface area contributed by atoms with E-state index in [0.29, 0.717) is 21.3 Å². The predicted molar refractivity (Wildman–Crippen MR) is 92.6 cm³/mol. The van der Waals surface area contributed by atoms with E-state index in [2.05, 4.69) is 0 Å². The molecule has 0 bridgehead atoms. The molecule has 0 atom stereocenters. The van der Waals surface area contributed by atoms with Crippen molar-refractivity contribution >= 4 is 57.6 Å². The van der Waals surface area contributed by atoms with Crippen LogP contribution in [0.15, 0.2) is 35.2 Å². The van der Waals surface area contributed by atoms with Gasteiger partial charge >= 0.3 is 5.97 Å². The third-order valence-electron chi connectivity index (χ3n) is 3.04. The number of carboxylic acids is 1. The van der Waals surface area contributed by atoms with Crippen molar-refractivity contribution in [3.05, 3.63) is 45.8 Å². The van der Waals surface area contributed by atoms with Gasteiger partial charge in [0.05, 0.1) is 4.91 Å². The van der Waals surface area contributed by atoms with Crippen LogP contribution in [-0.2, 0) is 9.59 Å². The minimum absolute atomic E-state index is 0.0419. The molecule has 0 radical (unpaired) electrons. The van der Waals surface area contributed by atoms with Crippen LogP contribution in [0.25, 0.3) is 0 Å². The topological polar surface area (TPSA) is 74.7 Å². The molecule has 5 nitrogen and oxygen atoms in total. The first kappa shape index (κ1) is 17.7. The van der Waals surface area contributed by atoms with E-state index in [1.165, 1.54) is 11.0 Å². The number of carbonyl (C=O) groups excluding carboxylic acids is 2. The molecule has 1 heterocycles. The Morgan fingerprint density at radius 1 is 1.30 bits per heavy atom. The molecule has 1 aliphatic heterocycles. The number of ketones is 1. The van der Waals surface area contributed by atoms with Crippen LogP contribution in [0.3, 0.4) is 0 Å². The monoisotopic (exact) mass is 369 g/mol. The van der Waals surface area contributed by atoms with Crippen molar-refractivity contribution in [1.29, 1.82) is 0 Å². The Bertz CT molecular complexity index is 700. The second kappa shape index (κ2) is 7.72. The summed E-state index contributed by atoms with van der Waals surface area (Å²) in [5.41, 5.74) is 0.422. The van der Waals surface area contributed by atoms with Crippen molar-refractivity contribution in [2.24, 2.45) is 0 Å². The maximum atomic E-state index is 12.2. The molecular formula is C15H12ClNO4S2. The van der Waals surface area contributed by atoms with E-state index in [9.17, 15) is 14.4 Å². The first-order valence-electron chi connectivity index (χ1n) is 6.65. The number of carboxylic acid groups (broad SMARTS) is 1. The number of halogens is 1. The average molecular weight is 370 g/mol. The second-order valence-electron chi connectivity index (χ2n) is 4.70. The zero-order valence-corrected chi connectivity index (χ0v) is 14.2. The van der Waals surface area contributed by atoms with Gasteiger partial charge in [-0.1, -0.05) is 35.6 Å². The molecule has 1 saturated heterocycles. The molecule has 0 aromatic heterocycles. The molecule has 0 unspecified atom stereocenters. The van der Waals surface area contributed by atoms with Crippen LogP contribution in [0, 0.1) is 0 Å². The van der Waals surface area contributed by atoms with Gasteiger partial charge in [-0.2, -0.15) is 0 Å². The molecule has 0 aliphatic carbocycles. The van der Waals surface area contributed by atoms with Crippen LogP contribution in [0.2, 0.25) is 5.02 Å². The SMILES string of the molecule is O=C(O)CCCN1C(=O)/C(=C/C(=O)c2ccc(Cl)cc2)SC1=S. The van der Waals surface area contributed by atoms with E-state index in [0.717, 1.165) is 11.8 Å². The average Bonchev–Trinajstić information content (AvgIpc) is 2.75. The Balaban J connectivity index is 2.07. The molecule has 0 spiro atoms. The molecule has 2 rings (SSSR count). The van der Waals surface area contributed by atoms with Crippen molar-refractivity contribution < 1.29 is 19.5 Å². The molecule has 0 saturated carbocycles. The van der Waals surface area contributed by atoms with Gasteiger partial charge in [-0.05, 0) is 30.7 Å². The number of carbonyl (C=O) groups is 3. The third kappa shape index (κ3) is 4.63. The Labute approximate surface area is 147 Å². The first-order chi connectivity index (χ1) is 10.9. The standard InChI is InChI=1S/C15H12ClNO4S2/c16-10-5-3-9(4-6-10)11(18)8-12-14(21)17(15(22)23-12)7-1-2-13(19)20/h3-6,8H,1-2,7H2,(H,19,20)/b12-8-. The molecule has 120 valence electrons. The van der Waals surface area contributed by atoms with Crippen LogP contribution >= 0.6 is 35.6 Å². The number of hydrogen-bond donors (Lipinski definition) is 1. The number of nitrogens with zero attached hydrogens (tertiary/aromatic N) is 1. The van der Waals surface area contributed by atoms with Gasteiger partial charge in [0.1, 0.15) is 4.32 Å². The Hall–Kier alpha value is -1.70. The molecule has 1 aromatic rings. The summed E-state index contributed by atoms with van der Waals surface area (Å²) >= 11 is 11.9. The molecule has 1 N–H and O–H groups in total. The van der Waals surface area contributed by atoms with Gasteiger partial charge in [-0.25, -0.2) is 0 Å². The van der Waals surface area contributed by atoms with Crippen molar-refractivity contribution in [2.45, 2.75) is 12.8 Å². The largest absolute Gasteiger partial charge is 0.481 e. The quantitative estimate of drug-likeness (QED) is 0.471. The third-order valence-corrected chi connectivity index (χ3v) is 4.67. The van der Waals surface area contributed by atoms with Crippen LogP contribution < -0.4 is 0 Å². The number of amides is 1. The van der Waals surface area contributed by atoms with Crippen LogP contribution in [-0.4, -0.2) is 38.5 Å². The highest BCUT2D eigenvalue weighted by molar-refractivity contribution is 8.26. The van der Waals surface area contributed by atoms with Gasteiger partial charge in [0.2, 0.25) is 0 Å². The molecule has 1 amide bonds. The summed E-state index contributed by atoms with van der Waals surface area (Å²) in [5.74, 6) is -1.61. The summed E-state index contributed by atoms with van der Waals surface area (Å²) in [4.78, 5) is 36.5. The van der Waals surface area contributed by atoms with Crippen LogP contribution in [0.1, 0.15) is 23.2 Å². The second-order valence-corrected chi connectivity index (χ2v) is 6.81. The van der Waals surface area contributed by atoms with E-state index in [1.807, 2.05) is 0 Å². The summed E-state index contributed by atoms with van der Waals surface area (Å²) in [6.45, 7) is 0.226. The van der Waals surface area contributed by atoms with Gasteiger partial charge in [-0.15, -0.1) is 0 Å². The van der Waals surface area contributed by atoms with E-state index in [-0.39, 0.29) is 29.6 Å². The molecular weight excluding hydrogens is 358 g/mol. The Kier molecular flexibility index (Phi) is 5.92. The lowest BCUT2D eigenvalue weighted by Gasteiger charge is -2.13. The smallest absolute Gasteiger partial charge is 0.303 e. The zero-order chi connectivity index (χ0) is 17.0. The molecule has 8 heteroatoms. The van der Waals surface area contributed by atoms with Gasteiger partial charge in [0.15, 0.2) is 5.78 Å². The van der Waals surface area contributed by atoms with Gasteiger partial charge in [-0.3, -0.25) is 19.3 Å². The highest BCUT2D eigenvalue weighted by Crippen LogP contribution is 2.31. The van der Waals surface area contributed by atoms with Crippen LogP contribution in [0.4, 0.5) is 0 Å². The number of aliphatic carboxylic acids is 1. The van der Waals surface area contributed by atoms with Crippen molar-refractivity contribution in [1.82, 2.24) is 4.90 Å². The molecule has 1 fully saturated rings. The number of benzene rings is 1. The Morgan fingerprint density at radius 2 is 1.96 bits per heavy atom. The highest BCUT2D eigenvalue weighted by atomic mass is 35.5. The molecule has 23 heavy (non-hydrogen) atoms. The summed E-state index contributed by atoms with van der Waals surface area (Å²) in [6, 6.07) is 6.35. The number of thiocarbonyl (C=S) groups is 1. The van der Waals surface area contributed by atoms with Gasteiger partial charge in [0.25, 0.3) is 5.91 Å². The van der Waals surface area contributed by atoms with E-state index >= 15 is 0 Å². The fraction of sp³-hybridized carbons (Fsp3) is 0.200. The normalized spacial score (nSPS) is 16.2. The molecule has 1 aromatic carbocycles. The van der Waals surface area contributed by atoms with E-state index < -0.39 is 5.97 Å². The minimum Gasteiger partial charge on any atom is -0.481 e. The maximum absolute atomic E-state index is 12.2. The van der Waals surface area contributed by atoms with Gasteiger partial charge < -0.3 is 5.11 Å². The summed E-state index contributed by atoms with van der Waals surface area (Å²) < 4.78 is 0.329.